The highest BCUT2D eigenvalue weighted by Crippen LogP contribution is 2.27. The van der Waals surface area contributed by atoms with E-state index in [-0.39, 0.29) is 5.91 Å². The molecular formula is C17H22BrN3O. The number of hydrogen-bond donors (Lipinski definition) is 1. The van der Waals surface area contributed by atoms with Crippen molar-refractivity contribution in [1.82, 2.24) is 14.9 Å². The van der Waals surface area contributed by atoms with E-state index in [9.17, 15) is 4.79 Å². The van der Waals surface area contributed by atoms with Gasteiger partial charge in [-0.1, -0.05) is 25.7 Å². The lowest BCUT2D eigenvalue weighted by Gasteiger charge is -2.14. The molecule has 1 aliphatic carbocycles. The second-order valence-electron chi connectivity index (χ2n) is 6.22. The van der Waals surface area contributed by atoms with Crippen molar-refractivity contribution in [3.63, 3.8) is 0 Å². The van der Waals surface area contributed by atoms with Crippen molar-refractivity contribution in [2.75, 3.05) is 6.54 Å². The van der Waals surface area contributed by atoms with Gasteiger partial charge in [0.15, 0.2) is 0 Å². The first-order valence-electron chi connectivity index (χ1n) is 8.04. The molecule has 0 unspecified atom stereocenters. The third kappa shape index (κ3) is 3.19. The van der Waals surface area contributed by atoms with Gasteiger partial charge in [0.25, 0.3) is 5.91 Å². The predicted octanol–water partition coefficient (Wildman–Crippen LogP) is 4.04. The van der Waals surface area contributed by atoms with Crippen molar-refractivity contribution in [3.8, 4) is 0 Å². The average molecular weight is 364 g/mol. The Balaban J connectivity index is 1.75. The molecule has 3 rings (SSSR count). The molecule has 0 aliphatic heterocycles. The van der Waals surface area contributed by atoms with Crippen LogP contribution in [0.25, 0.3) is 10.9 Å². The van der Waals surface area contributed by atoms with Gasteiger partial charge in [-0.2, -0.15) is 0 Å². The first kappa shape index (κ1) is 15.5. The summed E-state index contributed by atoms with van der Waals surface area (Å²) in [6.07, 6.45) is 11.4. The molecule has 22 heavy (non-hydrogen) atoms. The van der Waals surface area contributed by atoms with E-state index in [1.807, 2.05) is 23.9 Å². The van der Waals surface area contributed by atoms with E-state index >= 15 is 0 Å². The molecule has 0 aromatic carbocycles. The van der Waals surface area contributed by atoms with Gasteiger partial charge in [0, 0.05) is 31.4 Å². The number of aromatic nitrogens is 2. The van der Waals surface area contributed by atoms with Crippen LogP contribution in [0.4, 0.5) is 0 Å². The van der Waals surface area contributed by atoms with Crippen LogP contribution in [0.2, 0.25) is 0 Å². The van der Waals surface area contributed by atoms with Crippen molar-refractivity contribution in [3.05, 3.63) is 28.6 Å². The summed E-state index contributed by atoms with van der Waals surface area (Å²) in [4.78, 5) is 16.8. The Labute approximate surface area is 139 Å². The molecule has 5 heteroatoms. The topological polar surface area (TPSA) is 46.9 Å². The number of hydrogen-bond acceptors (Lipinski definition) is 2. The smallest absolute Gasteiger partial charge is 0.253 e. The number of carbonyl (C=O) groups excluding carboxylic acids is 1. The minimum atomic E-state index is 0.00328. The minimum Gasteiger partial charge on any atom is -0.352 e. The number of carbonyl (C=O) groups is 1. The molecule has 1 fully saturated rings. The molecule has 0 spiro atoms. The maximum absolute atomic E-state index is 12.6. The van der Waals surface area contributed by atoms with Crippen LogP contribution in [0.3, 0.4) is 0 Å². The lowest BCUT2D eigenvalue weighted by molar-refractivity contribution is 0.0947. The summed E-state index contributed by atoms with van der Waals surface area (Å²) in [5.74, 6) is 0.631. The maximum Gasteiger partial charge on any atom is 0.253 e. The summed E-state index contributed by atoms with van der Waals surface area (Å²) in [5, 5.41) is 4.02. The van der Waals surface area contributed by atoms with Crippen LogP contribution in [-0.2, 0) is 7.05 Å². The molecule has 2 heterocycles. The van der Waals surface area contributed by atoms with E-state index in [4.69, 9.17) is 0 Å². The summed E-state index contributed by atoms with van der Waals surface area (Å²) in [6.45, 7) is 0.785. The Morgan fingerprint density at radius 1 is 1.36 bits per heavy atom. The summed E-state index contributed by atoms with van der Waals surface area (Å²) in [7, 11) is 1.96. The standard InChI is InChI=1S/C17H22BrN3O/c1-21-11-13(15-14(21)8-9-19-16(15)18)17(22)20-10-12-6-4-2-3-5-7-12/h8-9,11-12H,2-7,10H2,1H3,(H,20,22). The summed E-state index contributed by atoms with van der Waals surface area (Å²) in [5.41, 5.74) is 1.72. The van der Waals surface area contributed by atoms with Crippen molar-refractivity contribution >= 4 is 32.7 Å². The van der Waals surface area contributed by atoms with Crippen LogP contribution >= 0.6 is 15.9 Å². The zero-order chi connectivity index (χ0) is 15.5. The number of nitrogens with zero attached hydrogens (tertiary/aromatic N) is 2. The fraction of sp³-hybridized carbons (Fsp3) is 0.529. The molecule has 4 nitrogen and oxygen atoms in total. The lowest BCUT2D eigenvalue weighted by Crippen LogP contribution is -2.29. The highest BCUT2D eigenvalue weighted by Gasteiger charge is 2.18. The van der Waals surface area contributed by atoms with E-state index in [1.165, 1.54) is 38.5 Å². The Morgan fingerprint density at radius 3 is 2.82 bits per heavy atom. The molecule has 0 radical (unpaired) electrons. The number of pyridine rings is 1. The number of halogens is 1. The van der Waals surface area contributed by atoms with Gasteiger partial charge in [-0.3, -0.25) is 4.79 Å². The van der Waals surface area contributed by atoms with Crippen LogP contribution in [0, 0.1) is 5.92 Å². The van der Waals surface area contributed by atoms with Crippen LogP contribution in [0.5, 0.6) is 0 Å². The largest absolute Gasteiger partial charge is 0.352 e. The van der Waals surface area contributed by atoms with Crippen LogP contribution in [-0.4, -0.2) is 22.0 Å². The Kier molecular flexibility index (Phi) is 4.81. The van der Waals surface area contributed by atoms with Gasteiger partial charge in [-0.25, -0.2) is 4.98 Å². The quantitative estimate of drug-likeness (QED) is 0.660. The predicted molar refractivity (Wildman–Crippen MR) is 91.9 cm³/mol. The van der Waals surface area contributed by atoms with E-state index in [0.717, 1.165) is 22.1 Å². The van der Waals surface area contributed by atoms with Crippen molar-refractivity contribution in [2.24, 2.45) is 13.0 Å². The molecule has 0 bridgehead atoms. The van der Waals surface area contributed by atoms with Gasteiger partial charge in [-0.15, -0.1) is 0 Å². The molecule has 0 atom stereocenters. The van der Waals surface area contributed by atoms with E-state index < -0.39 is 0 Å². The molecule has 1 aliphatic rings. The van der Waals surface area contributed by atoms with E-state index in [1.54, 1.807) is 6.20 Å². The Hall–Kier alpha value is -1.36. The van der Waals surface area contributed by atoms with E-state index in [2.05, 4.69) is 26.2 Å². The first-order valence-corrected chi connectivity index (χ1v) is 8.84. The van der Waals surface area contributed by atoms with E-state index in [0.29, 0.717) is 11.5 Å². The van der Waals surface area contributed by atoms with Crippen LogP contribution in [0.15, 0.2) is 23.1 Å². The number of nitrogens with one attached hydrogen (secondary N) is 1. The molecule has 2 aromatic heterocycles. The second-order valence-corrected chi connectivity index (χ2v) is 6.97. The van der Waals surface area contributed by atoms with Crippen molar-refractivity contribution in [2.45, 2.75) is 38.5 Å². The maximum atomic E-state index is 12.6. The van der Waals surface area contributed by atoms with Crippen LogP contribution < -0.4 is 5.32 Å². The molecular weight excluding hydrogens is 342 g/mol. The van der Waals surface area contributed by atoms with Crippen molar-refractivity contribution < 1.29 is 4.79 Å². The molecule has 1 amide bonds. The summed E-state index contributed by atoms with van der Waals surface area (Å²) in [6, 6.07) is 1.93. The normalized spacial score (nSPS) is 16.6. The third-order valence-electron chi connectivity index (χ3n) is 4.63. The summed E-state index contributed by atoms with van der Waals surface area (Å²) < 4.78 is 2.70. The number of aryl methyl sites for hydroxylation is 1. The monoisotopic (exact) mass is 363 g/mol. The summed E-state index contributed by atoms with van der Waals surface area (Å²) >= 11 is 3.46. The van der Waals surface area contributed by atoms with Gasteiger partial charge in [0.1, 0.15) is 4.60 Å². The molecule has 1 N–H and O–H groups in total. The zero-order valence-electron chi connectivity index (χ0n) is 12.9. The van der Waals surface area contributed by atoms with Crippen molar-refractivity contribution in [1.29, 1.82) is 0 Å². The molecule has 1 saturated carbocycles. The fourth-order valence-corrected chi connectivity index (χ4v) is 3.91. The second kappa shape index (κ2) is 6.82. The Bertz CT molecular complexity index is 672. The van der Waals surface area contributed by atoms with Gasteiger partial charge >= 0.3 is 0 Å². The van der Waals surface area contributed by atoms with Gasteiger partial charge < -0.3 is 9.88 Å². The molecule has 2 aromatic rings. The first-order chi connectivity index (χ1) is 10.7. The minimum absolute atomic E-state index is 0.00328. The molecule has 118 valence electrons. The average Bonchev–Trinajstić information content (AvgIpc) is 2.70. The lowest BCUT2D eigenvalue weighted by atomic mass is 10.0. The fourth-order valence-electron chi connectivity index (χ4n) is 3.37. The SMILES string of the molecule is Cn1cc(C(=O)NCC2CCCCCC2)c2c(Br)nccc21. The highest BCUT2D eigenvalue weighted by atomic mass is 79.9. The third-order valence-corrected chi connectivity index (χ3v) is 5.23. The van der Waals surface area contributed by atoms with Crippen LogP contribution in [0.1, 0.15) is 48.9 Å². The Morgan fingerprint density at radius 2 is 2.09 bits per heavy atom. The number of amides is 1. The van der Waals surface area contributed by atoms with Gasteiger partial charge in [0.05, 0.1) is 11.1 Å². The zero-order valence-corrected chi connectivity index (χ0v) is 14.5. The highest BCUT2D eigenvalue weighted by molar-refractivity contribution is 9.10. The van der Waals surface area contributed by atoms with Gasteiger partial charge in [-0.05, 0) is 40.8 Å². The van der Waals surface area contributed by atoms with Gasteiger partial charge in [0.2, 0.25) is 0 Å². The number of rotatable bonds is 3. The molecule has 0 saturated heterocycles. The number of fused-ring (bicyclic) bond motifs is 1.